The van der Waals surface area contributed by atoms with E-state index in [-0.39, 0.29) is 13.2 Å². The van der Waals surface area contributed by atoms with E-state index in [0.29, 0.717) is 33.0 Å². The van der Waals surface area contributed by atoms with Crippen molar-refractivity contribution in [3.05, 3.63) is 0 Å². The van der Waals surface area contributed by atoms with Crippen molar-refractivity contribution in [2.75, 3.05) is 53.4 Å². The normalized spacial score (nSPS) is 10.1. The molecule has 0 saturated heterocycles. The van der Waals surface area contributed by atoms with E-state index in [1.807, 2.05) is 6.92 Å². The number of rotatable bonds is 10. The van der Waals surface area contributed by atoms with Crippen LogP contribution in [0.25, 0.3) is 0 Å². The molecule has 0 aromatic heterocycles. The summed E-state index contributed by atoms with van der Waals surface area (Å²) in [4.78, 5) is 10.9. The number of hydrogen-bond acceptors (Lipinski definition) is 6. The molecule has 0 amide bonds. The lowest BCUT2D eigenvalue weighted by Crippen LogP contribution is -2.15. The van der Waals surface area contributed by atoms with Crippen LogP contribution in [0.3, 0.4) is 0 Å². The summed E-state index contributed by atoms with van der Waals surface area (Å²) >= 11 is 0. The molecule has 0 N–H and O–H groups in total. The Morgan fingerprint density at radius 3 is 2.00 bits per heavy atom. The van der Waals surface area contributed by atoms with Crippen LogP contribution in [-0.2, 0) is 23.7 Å². The maximum Gasteiger partial charge on any atom is 0.508 e. The molecule has 0 fully saturated rings. The van der Waals surface area contributed by atoms with Crippen molar-refractivity contribution in [2.24, 2.45) is 0 Å². The molecule has 96 valence electrons. The van der Waals surface area contributed by atoms with Crippen molar-refractivity contribution in [1.82, 2.24) is 0 Å². The van der Waals surface area contributed by atoms with Gasteiger partial charge in [0, 0.05) is 13.7 Å². The fourth-order valence-corrected chi connectivity index (χ4v) is 0.798. The number of hydrogen-bond donors (Lipinski definition) is 0. The van der Waals surface area contributed by atoms with Crippen LogP contribution in [0.5, 0.6) is 0 Å². The van der Waals surface area contributed by atoms with Crippen LogP contribution in [0.2, 0.25) is 0 Å². The van der Waals surface area contributed by atoms with E-state index in [9.17, 15) is 4.79 Å². The minimum absolute atomic E-state index is 0.178. The number of ether oxygens (including phenoxy) is 5. The molecule has 16 heavy (non-hydrogen) atoms. The third kappa shape index (κ3) is 11.2. The fraction of sp³-hybridized carbons (Fsp3) is 0.900. The molecule has 0 heterocycles. The van der Waals surface area contributed by atoms with Gasteiger partial charge in [-0.05, 0) is 6.92 Å². The lowest BCUT2D eigenvalue weighted by atomic mass is 10.7. The Hall–Kier alpha value is -0.850. The third-order valence-electron chi connectivity index (χ3n) is 1.53. The van der Waals surface area contributed by atoms with Crippen molar-refractivity contribution < 1.29 is 28.5 Å². The molecular weight excluding hydrogens is 216 g/mol. The van der Waals surface area contributed by atoms with Crippen molar-refractivity contribution >= 4 is 6.16 Å². The minimum Gasteiger partial charge on any atom is -0.432 e. The largest absolute Gasteiger partial charge is 0.508 e. The highest BCUT2D eigenvalue weighted by molar-refractivity contribution is 5.59. The predicted octanol–water partition coefficient (Wildman–Crippen LogP) is 0.839. The minimum atomic E-state index is -0.699. The van der Waals surface area contributed by atoms with E-state index in [2.05, 4.69) is 0 Å². The predicted molar refractivity (Wildman–Crippen MR) is 56.5 cm³/mol. The summed E-state index contributed by atoms with van der Waals surface area (Å²) in [5.41, 5.74) is 0. The van der Waals surface area contributed by atoms with Gasteiger partial charge in [-0.15, -0.1) is 0 Å². The Morgan fingerprint density at radius 2 is 1.44 bits per heavy atom. The highest BCUT2D eigenvalue weighted by Crippen LogP contribution is 1.87. The van der Waals surface area contributed by atoms with Crippen molar-refractivity contribution in [3.63, 3.8) is 0 Å². The average molecular weight is 236 g/mol. The first kappa shape index (κ1) is 15.2. The molecule has 0 aliphatic rings. The molecule has 0 spiro atoms. The van der Waals surface area contributed by atoms with Gasteiger partial charge in [0.05, 0.1) is 26.4 Å². The average Bonchev–Trinajstić information content (AvgIpc) is 2.29. The topological polar surface area (TPSA) is 63.2 Å². The third-order valence-corrected chi connectivity index (χ3v) is 1.53. The summed E-state index contributed by atoms with van der Waals surface area (Å²) < 4.78 is 24.3. The molecule has 6 heteroatoms. The zero-order valence-electron chi connectivity index (χ0n) is 9.90. The molecular formula is C10H20O6. The molecule has 0 unspecified atom stereocenters. The van der Waals surface area contributed by atoms with Crippen LogP contribution in [-0.4, -0.2) is 59.5 Å². The molecule has 0 bridgehead atoms. The number of carbonyl (C=O) groups is 1. The van der Waals surface area contributed by atoms with E-state index in [0.717, 1.165) is 0 Å². The first-order valence-electron chi connectivity index (χ1n) is 5.25. The first-order chi connectivity index (χ1) is 7.81. The highest BCUT2D eigenvalue weighted by Gasteiger charge is 2.02. The van der Waals surface area contributed by atoms with Crippen molar-refractivity contribution in [2.45, 2.75) is 6.92 Å². The van der Waals surface area contributed by atoms with Gasteiger partial charge in [0.25, 0.3) is 0 Å². The van der Waals surface area contributed by atoms with Gasteiger partial charge >= 0.3 is 6.16 Å². The van der Waals surface area contributed by atoms with Gasteiger partial charge in [-0.3, -0.25) is 0 Å². The fourth-order valence-electron chi connectivity index (χ4n) is 0.798. The molecule has 0 aromatic carbocycles. The zero-order valence-corrected chi connectivity index (χ0v) is 9.90. The molecule has 0 atom stereocenters. The molecule has 0 aromatic rings. The second kappa shape index (κ2) is 12.2. The van der Waals surface area contributed by atoms with Gasteiger partial charge in [0.2, 0.25) is 0 Å². The van der Waals surface area contributed by atoms with E-state index in [1.165, 1.54) is 0 Å². The Labute approximate surface area is 95.8 Å². The second-order valence-corrected chi connectivity index (χ2v) is 2.75. The monoisotopic (exact) mass is 236 g/mol. The van der Waals surface area contributed by atoms with E-state index in [4.69, 9.17) is 23.7 Å². The number of methoxy groups -OCH3 is 1. The summed E-state index contributed by atoms with van der Waals surface area (Å²) in [6.45, 7) is 4.59. The maximum absolute atomic E-state index is 10.9. The van der Waals surface area contributed by atoms with Crippen LogP contribution < -0.4 is 0 Å². The lowest BCUT2D eigenvalue weighted by Gasteiger charge is -2.06. The SMILES string of the molecule is CCOCCOC(=O)OCCOCCOC. The zero-order chi connectivity index (χ0) is 12.1. The van der Waals surface area contributed by atoms with Crippen LogP contribution in [0, 0.1) is 0 Å². The maximum atomic E-state index is 10.9. The first-order valence-corrected chi connectivity index (χ1v) is 5.25. The molecule has 0 radical (unpaired) electrons. The Bertz CT molecular complexity index is 161. The molecule has 0 rings (SSSR count). The van der Waals surface area contributed by atoms with Gasteiger partial charge < -0.3 is 23.7 Å². The van der Waals surface area contributed by atoms with Gasteiger partial charge in [0.15, 0.2) is 0 Å². The second-order valence-electron chi connectivity index (χ2n) is 2.75. The van der Waals surface area contributed by atoms with Crippen LogP contribution in [0.4, 0.5) is 4.79 Å². The molecule has 0 saturated carbocycles. The van der Waals surface area contributed by atoms with Crippen LogP contribution >= 0.6 is 0 Å². The van der Waals surface area contributed by atoms with Gasteiger partial charge in [-0.25, -0.2) is 4.79 Å². The summed E-state index contributed by atoms with van der Waals surface area (Å²) in [6, 6.07) is 0. The van der Waals surface area contributed by atoms with Crippen LogP contribution in [0.15, 0.2) is 0 Å². The van der Waals surface area contributed by atoms with Gasteiger partial charge in [0.1, 0.15) is 13.2 Å². The summed E-state index contributed by atoms with van der Waals surface area (Å²) in [5, 5.41) is 0. The van der Waals surface area contributed by atoms with E-state index >= 15 is 0 Å². The highest BCUT2D eigenvalue weighted by atomic mass is 16.7. The molecule has 0 aliphatic carbocycles. The quantitative estimate of drug-likeness (QED) is 0.413. The number of carbonyl (C=O) groups excluding carboxylic acids is 1. The Morgan fingerprint density at radius 1 is 0.875 bits per heavy atom. The standard InChI is InChI=1S/C10H20O6/c1-3-13-6-8-15-10(11)16-9-7-14-5-4-12-2/h3-9H2,1-2H3. The summed E-state index contributed by atoms with van der Waals surface area (Å²) in [7, 11) is 1.59. The van der Waals surface area contributed by atoms with Gasteiger partial charge in [-0.2, -0.15) is 0 Å². The van der Waals surface area contributed by atoms with Crippen molar-refractivity contribution in [3.8, 4) is 0 Å². The van der Waals surface area contributed by atoms with Crippen LogP contribution in [0.1, 0.15) is 6.92 Å². The van der Waals surface area contributed by atoms with E-state index in [1.54, 1.807) is 7.11 Å². The lowest BCUT2D eigenvalue weighted by molar-refractivity contribution is 0.00520. The Balaban J connectivity index is 3.11. The Kier molecular flexibility index (Phi) is 11.6. The van der Waals surface area contributed by atoms with E-state index < -0.39 is 6.16 Å². The molecule has 6 nitrogen and oxygen atoms in total. The smallest absolute Gasteiger partial charge is 0.432 e. The van der Waals surface area contributed by atoms with Crippen molar-refractivity contribution in [1.29, 1.82) is 0 Å². The molecule has 0 aliphatic heterocycles. The van der Waals surface area contributed by atoms with Gasteiger partial charge in [-0.1, -0.05) is 0 Å². The summed E-state index contributed by atoms with van der Waals surface area (Å²) in [5.74, 6) is 0. The summed E-state index contributed by atoms with van der Waals surface area (Å²) in [6.07, 6.45) is -0.699.